The highest BCUT2D eigenvalue weighted by Crippen LogP contribution is 2.26. The molecular formula is C19H26N4O5S. The van der Waals surface area contributed by atoms with Crippen LogP contribution in [-0.2, 0) is 19.6 Å². The number of amides is 4. The fourth-order valence-corrected chi connectivity index (χ4v) is 5.61. The monoisotopic (exact) mass is 422 g/mol. The molecule has 1 aromatic carbocycles. The Morgan fingerprint density at radius 2 is 1.72 bits per heavy atom. The summed E-state index contributed by atoms with van der Waals surface area (Å²) >= 11 is 0. The van der Waals surface area contributed by atoms with E-state index in [1.54, 1.807) is 18.7 Å². The van der Waals surface area contributed by atoms with E-state index in [9.17, 15) is 22.8 Å². The van der Waals surface area contributed by atoms with Gasteiger partial charge in [0.05, 0.1) is 4.90 Å². The summed E-state index contributed by atoms with van der Waals surface area (Å²) in [6.07, 6.45) is 0.697. The molecule has 0 unspecified atom stereocenters. The molecule has 2 aliphatic rings. The number of aryl methyl sites for hydroxylation is 3. The van der Waals surface area contributed by atoms with Gasteiger partial charge in [-0.1, -0.05) is 17.7 Å². The minimum Gasteiger partial charge on any atom is -0.342 e. The maximum absolute atomic E-state index is 12.7. The molecule has 2 aliphatic heterocycles. The van der Waals surface area contributed by atoms with Crippen molar-refractivity contribution in [2.45, 2.75) is 50.5 Å². The van der Waals surface area contributed by atoms with Gasteiger partial charge in [0.25, 0.3) is 5.91 Å². The molecule has 1 aromatic rings. The molecule has 0 aliphatic carbocycles. The highest BCUT2D eigenvalue weighted by molar-refractivity contribution is 7.89. The lowest BCUT2D eigenvalue weighted by Crippen LogP contribution is -2.55. The number of urea groups is 1. The Bertz CT molecular complexity index is 942. The number of rotatable bonds is 5. The highest BCUT2D eigenvalue weighted by Gasteiger charge is 2.48. The molecule has 0 bridgehead atoms. The number of carbonyl (C=O) groups is 3. The molecule has 10 heteroatoms. The third-order valence-electron chi connectivity index (χ3n) is 5.49. The van der Waals surface area contributed by atoms with Gasteiger partial charge in [0.15, 0.2) is 0 Å². The van der Waals surface area contributed by atoms with Gasteiger partial charge in [0.2, 0.25) is 15.9 Å². The molecule has 0 saturated carbocycles. The van der Waals surface area contributed by atoms with Gasteiger partial charge in [-0.15, -0.1) is 0 Å². The molecule has 2 saturated heterocycles. The minimum atomic E-state index is -3.72. The quantitative estimate of drug-likeness (QED) is 0.596. The second-order valence-corrected chi connectivity index (χ2v) is 9.45. The van der Waals surface area contributed by atoms with E-state index in [0.29, 0.717) is 37.1 Å². The fourth-order valence-electron chi connectivity index (χ4n) is 4.13. The molecule has 2 heterocycles. The van der Waals surface area contributed by atoms with Crippen LogP contribution in [0.5, 0.6) is 0 Å². The topological polar surface area (TPSA) is 125 Å². The van der Waals surface area contributed by atoms with Crippen LogP contribution in [0.1, 0.15) is 36.0 Å². The zero-order valence-corrected chi connectivity index (χ0v) is 17.6. The lowest BCUT2D eigenvalue weighted by Gasteiger charge is -2.37. The van der Waals surface area contributed by atoms with Gasteiger partial charge < -0.3 is 10.2 Å². The number of imide groups is 1. The standard InChI is InChI=1S/C19H26N4O5S/c1-12-10-13(2)16(14(3)11-12)29(27,28)20-7-4-15(24)23-8-5-19(6-9-23)17(25)21-18(26)22-19/h10-11,20H,4-9H2,1-3H3,(H2,21,22,25,26). The Hall–Kier alpha value is -2.46. The smallest absolute Gasteiger partial charge is 0.322 e. The Kier molecular flexibility index (Phi) is 5.68. The van der Waals surface area contributed by atoms with Gasteiger partial charge >= 0.3 is 6.03 Å². The number of nitrogens with one attached hydrogen (secondary N) is 3. The predicted molar refractivity (Wildman–Crippen MR) is 106 cm³/mol. The summed E-state index contributed by atoms with van der Waals surface area (Å²) < 4.78 is 27.8. The van der Waals surface area contributed by atoms with Crippen molar-refractivity contribution in [1.29, 1.82) is 0 Å². The number of sulfonamides is 1. The van der Waals surface area contributed by atoms with Crippen molar-refractivity contribution in [3.63, 3.8) is 0 Å². The van der Waals surface area contributed by atoms with Crippen LogP contribution in [-0.4, -0.2) is 56.3 Å². The van der Waals surface area contributed by atoms with E-state index in [2.05, 4.69) is 15.4 Å². The van der Waals surface area contributed by atoms with Crippen molar-refractivity contribution in [3.05, 3.63) is 28.8 Å². The van der Waals surface area contributed by atoms with Crippen LogP contribution in [0.15, 0.2) is 17.0 Å². The normalized spacial score (nSPS) is 18.7. The highest BCUT2D eigenvalue weighted by atomic mass is 32.2. The molecule has 4 amide bonds. The van der Waals surface area contributed by atoms with Gasteiger partial charge in [-0.05, 0) is 44.7 Å². The molecule has 9 nitrogen and oxygen atoms in total. The maximum Gasteiger partial charge on any atom is 0.322 e. The van der Waals surface area contributed by atoms with E-state index >= 15 is 0 Å². The molecule has 0 aromatic heterocycles. The Morgan fingerprint density at radius 1 is 1.14 bits per heavy atom. The zero-order chi connectivity index (χ0) is 21.4. The Labute approximate surface area is 170 Å². The summed E-state index contributed by atoms with van der Waals surface area (Å²) in [5.41, 5.74) is 1.39. The second kappa shape index (κ2) is 7.75. The Balaban J connectivity index is 1.54. The summed E-state index contributed by atoms with van der Waals surface area (Å²) in [7, 11) is -3.72. The zero-order valence-electron chi connectivity index (χ0n) is 16.8. The number of likely N-dealkylation sites (tertiary alicyclic amines) is 1. The van der Waals surface area contributed by atoms with Crippen LogP contribution in [0.4, 0.5) is 4.79 Å². The van der Waals surface area contributed by atoms with Gasteiger partial charge in [-0.3, -0.25) is 14.9 Å². The van der Waals surface area contributed by atoms with Crippen LogP contribution in [0.2, 0.25) is 0 Å². The molecular weight excluding hydrogens is 396 g/mol. The van der Waals surface area contributed by atoms with Crippen LogP contribution in [0.25, 0.3) is 0 Å². The van der Waals surface area contributed by atoms with Crippen molar-refractivity contribution in [2.75, 3.05) is 19.6 Å². The van der Waals surface area contributed by atoms with Crippen molar-refractivity contribution in [2.24, 2.45) is 0 Å². The van der Waals surface area contributed by atoms with Crippen LogP contribution in [0.3, 0.4) is 0 Å². The number of benzene rings is 1. The van der Waals surface area contributed by atoms with E-state index < -0.39 is 21.6 Å². The lowest BCUT2D eigenvalue weighted by molar-refractivity contribution is -0.135. The summed E-state index contributed by atoms with van der Waals surface area (Å²) in [6, 6.07) is 3.12. The van der Waals surface area contributed by atoms with Gasteiger partial charge in [0.1, 0.15) is 5.54 Å². The number of carbonyl (C=O) groups excluding carboxylic acids is 3. The molecule has 3 rings (SSSR count). The maximum atomic E-state index is 12.7. The summed E-state index contributed by atoms with van der Waals surface area (Å²) in [5.74, 6) is -0.546. The fraction of sp³-hybridized carbons (Fsp3) is 0.526. The first-order chi connectivity index (χ1) is 13.5. The van der Waals surface area contributed by atoms with Crippen molar-refractivity contribution < 1.29 is 22.8 Å². The number of piperidine rings is 1. The first-order valence-electron chi connectivity index (χ1n) is 9.53. The molecule has 0 atom stereocenters. The van der Waals surface area contributed by atoms with Gasteiger partial charge in [0, 0.05) is 26.1 Å². The average molecular weight is 423 g/mol. The van der Waals surface area contributed by atoms with E-state index in [4.69, 9.17) is 0 Å². The largest absolute Gasteiger partial charge is 0.342 e. The number of nitrogens with zero attached hydrogens (tertiary/aromatic N) is 1. The molecule has 1 spiro atoms. The van der Waals surface area contributed by atoms with Crippen molar-refractivity contribution in [1.82, 2.24) is 20.3 Å². The first-order valence-corrected chi connectivity index (χ1v) is 11.0. The molecule has 2 fully saturated rings. The third kappa shape index (κ3) is 4.27. The van der Waals surface area contributed by atoms with Crippen LogP contribution >= 0.6 is 0 Å². The van der Waals surface area contributed by atoms with E-state index in [-0.39, 0.29) is 29.7 Å². The lowest BCUT2D eigenvalue weighted by atomic mass is 9.87. The SMILES string of the molecule is Cc1cc(C)c(S(=O)(=O)NCCC(=O)N2CCC3(CC2)NC(=O)NC3=O)c(C)c1. The third-order valence-corrected chi connectivity index (χ3v) is 7.25. The van der Waals surface area contributed by atoms with Crippen molar-refractivity contribution >= 4 is 27.9 Å². The van der Waals surface area contributed by atoms with Crippen LogP contribution in [0, 0.1) is 20.8 Å². The first kappa shape index (κ1) is 21.3. The summed E-state index contributed by atoms with van der Waals surface area (Å²) in [5, 5.41) is 4.88. The summed E-state index contributed by atoms with van der Waals surface area (Å²) in [4.78, 5) is 37.6. The van der Waals surface area contributed by atoms with E-state index in [0.717, 1.165) is 5.56 Å². The Morgan fingerprint density at radius 3 is 2.24 bits per heavy atom. The van der Waals surface area contributed by atoms with E-state index in [1.165, 1.54) is 0 Å². The number of hydrogen-bond donors (Lipinski definition) is 3. The van der Waals surface area contributed by atoms with Crippen LogP contribution < -0.4 is 15.4 Å². The number of hydrogen-bond acceptors (Lipinski definition) is 5. The minimum absolute atomic E-state index is 0.00715. The van der Waals surface area contributed by atoms with E-state index in [1.807, 2.05) is 19.1 Å². The van der Waals surface area contributed by atoms with Gasteiger partial charge in [-0.2, -0.15) is 0 Å². The van der Waals surface area contributed by atoms with Gasteiger partial charge in [-0.25, -0.2) is 17.9 Å². The van der Waals surface area contributed by atoms with Crippen molar-refractivity contribution in [3.8, 4) is 0 Å². The molecule has 29 heavy (non-hydrogen) atoms. The predicted octanol–water partition coefficient (Wildman–Crippen LogP) is 0.481. The second-order valence-electron chi connectivity index (χ2n) is 7.75. The molecule has 0 radical (unpaired) electrons. The molecule has 158 valence electrons. The average Bonchev–Trinajstić information content (AvgIpc) is 2.87. The summed E-state index contributed by atoms with van der Waals surface area (Å²) in [6.45, 7) is 6.06. The molecule has 3 N–H and O–H groups in total.